The third-order valence-corrected chi connectivity index (χ3v) is 3.36. The SMILES string of the molecule is CN(CC1CCCO1)c1c(N)cncc1Br. The Morgan fingerprint density at radius 3 is 3.06 bits per heavy atom. The summed E-state index contributed by atoms with van der Waals surface area (Å²) in [5.74, 6) is 0. The number of ether oxygens (including phenoxy) is 1. The average molecular weight is 286 g/mol. The minimum Gasteiger partial charge on any atom is -0.396 e. The quantitative estimate of drug-likeness (QED) is 0.924. The first kappa shape index (κ1) is 11.7. The van der Waals surface area contributed by atoms with Gasteiger partial charge in [-0.2, -0.15) is 0 Å². The fraction of sp³-hybridized carbons (Fsp3) is 0.545. The van der Waals surface area contributed by atoms with Gasteiger partial charge in [0.1, 0.15) is 0 Å². The summed E-state index contributed by atoms with van der Waals surface area (Å²) < 4.78 is 6.54. The standard InChI is InChI=1S/C11H16BrN3O/c1-15(7-8-3-2-4-16-8)11-9(12)5-14-6-10(11)13/h5-6,8H,2-4,7,13H2,1H3. The zero-order chi connectivity index (χ0) is 11.5. The van der Waals surface area contributed by atoms with Gasteiger partial charge in [-0.3, -0.25) is 4.98 Å². The van der Waals surface area contributed by atoms with Crippen LogP contribution in [0.1, 0.15) is 12.8 Å². The minimum atomic E-state index is 0.324. The molecule has 1 aliphatic rings. The number of aromatic nitrogens is 1. The Kier molecular flexibility index (Phi) is 3.66. The molecule has 1 aromatic rings. The van der Waals surface area contributed by atoms with Crippen molar-refractivity contribution < 1.29 is 4.74 Å². The Morgan fingerprint density at radius 1 is 1.62 bits per heavy atom. The van der Waals surface area contributed by atoms with Crippen molar-refractivity contribution in [3.05, 3.63) is 16.9 Å². The molecule has 5 heteroatoms. The lowest BCUT2D eigenvalue weighted by molar-refractivity contribution is 0.116. The average Bonchev–Trinajstić information content (AvgIpc) is 2.70. The van der Waals surface area contributed by atoms with Crippen LogP contribution < -0.4 is 10.6 Å². The lowest BCUT2D eigenvalue weighted by Crippen LogP contribution is -2.29. The van der Waals surface area contributed by atoms with Gasteiger partial charge in [-0.15, -0.1) is 0 Å². The zero-order valence-electron chi connectivity index (χ0n) is 9.32. The third-order valence-electron chi connectivity index (χ3n) is 2.78. The maximum Gasteiger partial charge on any atom is 0.0774 e. The van der Waals surface area contributed by atoms with Crippen LogP contribution in [0.25, 0.3) is 0 Å². The van der Waals surface area contributed by atoms with Gasteiger partial charge < -0.3 is 15.4 Å². The van der Waals surface area contributed by atoms with E-state index in [1.807, 2.05) is 7.05 Å². The molecule has 0 spiro atoms. The Bertz CT molecular complexity index is 346. The summed E-state index contributed by atoms with van der Waals surface area (Å²) in [6.45, 7) is 1.75. The normalized spacial score (nSPS) is 20.0. The number of nitrogen functional groups attached to an aromatic ring is 1. The van der Waals surface area contributed by atoms with Crippen molar-refractivity contribution in [3.8, 4) is 0 Å². The summed E-state index contributed by atoms with van der Waals surface area (Å²) >= 11 is 3.47. The molecule has 0 saturated carbocycles. The van der Waals surface area contributed by atoms with Crippen LogP contribution in [0.2, 0.25) is 0 Å². The maximum absolute atomic E-state index is 5.92. The van der Waals surface area contributed by atoms with Crippen LogP contribution in [-0.2, 0) is 4.74 Å². The molecule has 88 valence electrons. The van der Waals surface area contributed by atoms with Crippen LogP contribution in [-0.4, -0.2) is 31.3 Å². The van der Waals surface area contributed by atoms with E-state index in [0.29, 0.717) is 11.8 Å². The number of likely N-dealkylation sites (N-methyl/N-ethyl adjacent to an activating group) is 1. The minimum absolute atomic E-state index is 0.324. The predicted molar refractivity (Wildman–Crippen MR) is 68.6 cm³/mol. The van der Waals surface area contributed by atoms with Crippen molar-refractivity contribution >= 4 is 27.3 Å². The van der Waals surface area contributed by atoms with E-state index in [4.69, 9.17) is 10.5 Å². The number of hydrogen-bond acceptors (Lipinski definition) is 4. The number of nitrogens with zero attached hydrogens (tertiary/aromatic N) is 2. The van der Waals surface area contributed by atoms with Crippen LogP contribution in [0.15, 0.2) is 16.9 Å². The lowest BCUT2D eigenvalue weighted by Gasteiger charge is -2.24. The highest BCUT2D eigenvalue weighted by Crippen LogP contribution is 2.31. The van der Waals surface area contributed by atoms with Crippen LogP contribution in [0.4, 0.5) is 11.4 Å². The molecule has 0 bridgehead atoms. The van der Waals surface area contributed by atoms with Gasteiger partial charge in [0.25, 0.3) is 0 Å². The summed E-state index contributed by atoms with van der Waals surface area (Å²) in [6, 6.07) is 0. The van der Waals surface area contributed by atoms with Crippen LogP contribution >= 0.6 is 15.9 Å². The molecule has 4 nitrogen and oxygen atoms in total. The summed E-state index contributed by atoms with van der Waals surface area (Å²) in [5.41, 5.74) is 7.60. The molecule has 0 radical (unpaired) electrons. The molecule has 0 aromatic carbocycles. The molecule has 1 unspecified atom stereocenters. The highest BCUT2D eigenvalue weighted by molar-refractivity contribution is 9.10. The first-order valence-electron chi connectivity index (χ1n) is 5.40. The van der Waals surface area contributed by atoms with Gasteiger partial charge in [0, 0.05) is 26.4 Å². The molecule has 0 aliphatic carbocycles. The fourth-order valence-electron chi connectivity index (χ4n) is 2.03. The van der Waals surface area contributed by atoms with E-state index in [2.05, 4.69) is 25.8 Å². The van der Waals surface area contributed by atoms with Gasteiger partial charge in [-0.05, 0) is 28.8 Å². The van der Waals surface area contributed by atoms with Crippen molar-refractivity contribution in [2.24, 2.45) is 0 Å². The van der Waals surface area contributed by atoms with Crippen LogP contribution in [0, 0.1) is 0 Å². The Labute approximate surface area is 104 Å². The Hall–Kier alpha value is -0.810. The highest BCUT2D eigenvalue weighted by Gasteiger charge is 2.19. The van der Waals surface area contributed by atoms with E-state index in [9.17, 15) is 0 Å². The molecule has 2 N–H and O–H groups in total. The number of halogens is 1. The summed E-state index contributed by atoms with van der Waals surface area (Å²) in [5, 5.41) is 0. The smallest absolute Gasteiger partial charge is 0.0774 e. The molecule has 1 aromatic heterocycles. The second-order valence-corrected chi connectivity index (χ2v) is 4.93. The summed E-state index contributed by atoms with van der Waals surface area (Å²) in [7, 11) is 2.03. The molecule has 1 atom stereocenters. The van der Waals surface area contributed by atoms with Crippen molar-refractivity contribution in [2.45, 2.75) is 18.9 Å². The number of nitrogens with two attached hydrogens (primary N) is 1. The highest BCUT2D eigenvalue weighted by atomic mass is 79.9. The monoisotopic (exact) mass is 285 g/mol. The number of hydrogen-bond donors (Lipinski definition) is 1. The van der Waals surface area contributed by atoms with Crippen molar-refractivity contribution in [1.29, 1.82) is 0 Å². The first-order chi connectivity index (χ1) is 7.68. The van der Waals surface area contributed by atoms with Gasteiger partial charge in [-0.25, -0.2) is 0 Å². The van der Waals surface area contributed by atoms with E-state index < -0.39 is 0 Å². The number of pyridine rings is 1. The number of anilines is 2. The molecule has 16 heavy (non-hydrogen) atoms. The van der Waals surface area contributed by atoms with Crippen molar-refractivity contribution in [1.82, 2.24) is 4.98 Å². The first-order valence-corrected chi connectivity index (χ1v) is 6.19. The molecule has 1 aliphatic heterocycles. The molecular formula is C11H16BrN3O. The van der Waals surface area contributed by atoms with Crippen molar-refractivity contribution in [2.75, 3.05) is 30.8 Å². The maximum atomic E-state index is 5.92. The third kappa shape index (κ3) is 2.47. The van der Waals surface area contributed by atoms with Gasteiger partial charge in [0.2, 0.25) is 0 Å². The van der Waals surface area contributed by atoms with E-state index >= 15 is 0 Å². The number of rotatable bonds is 3. The van der Waals surface area contributed by atoms with Gasteiger partial charge >= 0.3 is 0 Å². The van der Waals surface area contributed by atoms with E-state index in [1.54, 1.807) is 12.4 Å². The largest absolute Gasteiger partial charge is 0.396 e. The van der Waals surface area contributed by atoms with Gasteiger partial charge in [0.15, 0.2) is 0 Å². The fourth-order valence-corrected chi connectivity index (χ4v) is 2.68. The van der Waals surface area contributed by atoms with E-state index in [0.717, 1.165) is 36.2 Å². The lowest BCUT2D eigenvalue weighted by atomic mass is 10.2. The van der Waals surface area contributed by atoms with Crippen LogP contribution in [0.5, 0.6) is 0 Å². The predicted octanol–water partition coefficient (Wildman–Crippen LogP) is 2.04. The molecule has 2 heterocycles. The zero-order valence-corrected chi connectivity index (χ0v) is 10.9. The summed E-state index contributed by atoms with van der Waals surface area (Å²) in [4.78, 5) is 6.15. The topological polar surface area (TPSA) is 51.4 Å². The second-order valence-electron chi connectivity index (χ2n) is 4.07. The Balaban J connectivity index is 2.10. The van der Waals surface area contributed by atoms with Crippen molar-refractivity contribution in [3.63, 3.8) is 0 Å². The Morgan fingerprint density at radius 2 is 2.44 bits per heavy atom. The summed E-state index contributed by atoms with van der Waals surface area (Å²) in [6.07, 6.45) is 6.05. The molecular weight excluding hydrogens is 270 g/mol. The molecule has 1 saturated heterocycles. The van der Waals surface area contributed by atoms with Gasteiger partial charge in [0.05, 0.1) is 28.1 Å². The molecule has 0 amide bonds. The molecule has 1 fully saturated rings. The molecule has 2 rings (SSSR count). The van der Waals surface area contributed by atoms with Crippen LogP contribution in [0.3, 0.4) is 0 Å². The van der Waals surface area contributed by atoms with E-state index in [1.165, 1.54) is 0 Å². The second kappa shape index (κ2) is 5.01. The van der Waals surface area contributed by atoms with E-state index in [-0.39, 0.29) is 0 Å². The van der Waals surface area contributed by atoms with Gasteiger partial charge in [-0.1, -0.05) is 0 Å².